The van der Waals surface area contributed by atoms with E-state index in [1.54, 1.807) is 12.1 Å². The summed E-state index contributed by atoms with van der Waals surface area (Å²) in [5.74, 6) is -0.235. The van der Waals surface area contributed by atoms with E-state index in [-0.39, 0.29) is 11.7 Å². The molecule has 1 aromatic carbocycles. The zero-order valence-corrected chi connectivity index (χ0v) is 14.2. The van der Waals surface area contributed by atoms with Crippen molar-refractivity contribution in [3.63, 3.8) is 0 Å². The maximum absolute atomic E-state index is 12.5. The predicted molar refractivity (Wildman–Crippen MR) is 92.3 cm³/mol. The van der Waals surface area contributed by atoms with Crippen molar-refractivity contribution in [2.75, 3.05) is 39.3 Å². The average molecular weight is 365 g/mol. The predicted octanol–water partition coefficient (Wildman–Crippen LogP) is 1.31. The molecule has 3 N–H and O–H groups in total. The first-order valence-electron chi connectivity index (χ1n) is 8.43. The minimum atomic E-state index is -2.90. The molecule has 0 bridgehead atoms. The van der Waals surface area contributed by atoms with Crippen LogP contribution in [0.1, 0.15) is 10.4 Å². The molecule has 0 atom stereocenters. The fourth-order valence-electron chi connectivity index (χ4n) is 2.86. The number of amides is 1. The van der Waals surface area contributed by atoms with Crippen molar-refractivity contribution in [1.82, 2.24) is 25.7 Å². The van der Waals surface area contributed by atoms with Crippen molar-refractivity contribution < 1.29 is 18.3 Å². The Kier molecular flexibility index (Phi) is 6.13. The molecule has 0 aliphatic carbocycles. The molecule has 0 radical (unpaired) electrons. The van der Waals surface area contributed by atoms with Gasteiger partial charge < -0.3 is 15.4 Å². The summed E-state index contributed by atoms with van der Waals surface area (Å²) in [6, 6.07) is 6.15. The number of H-pyrrole nitrogens is 1. The zero-order valence-electron chi connectivity index (χ0n) is 14.2. The highest BCUT2D eigenvalue weighted by molar-refractivity contribution is 5.99. The first-order valence-corrected chi connectivity index (χ1v) is 8.43. The maximum atomic E-state index is 12.5. The van der Waals surface area contributed by atoms with Gasteiger partial charge in [-0.05, 0) is 12.1 Å². The summed E-state index contributed by atoms with van der Waals surface area (Å²) in [4.78, 5) is 14.7. The van der Waals surface area contributed by atoms with Crippen LogP contribution < -0.4 is 15.4 Å². The number of carbonyl (C=O) groups excluding carboxylic acids is 1. The third-order valence-electron chi connectivity index (χ3n) is 4.16. The number of nitrogens with one attached hydrogen (secondary N) is 3. The van der Waals surface area contributed by atoms with Gasteiger partial charge in [0.1, 0.15) is 5.75 Å². The molecule has 1 aliphatic heterocycles. The number of piperazine rings is 1. The SMILES string of the molecule is O=C(NCCN1CCNCC1)c1cn[nH]c1-c1cccc(OC(F)F)c1. The fraction of sp³-hybridized carbons (Fsp3) is 0.412. The van der Waals surface area contributed by atoms with Crippen molar-refractivity contribution in [3.8, 4) is 17.0 Å². The minimum Gasteiger partial charge on any atom is -0.435 e. The molecule has 0 saturated carbocycles. The number of benzene rings is 1. The zero-order chi connectivity index (χ0) is 18.4. The Hall–Kier alpha value is -2.52. The van der Waals surface area contributed by atoms with E-state index in [9.17, 15) is 13.6 Å². The normalized spacial score (nSPS) is 15.2. The number of nitrogens with zero attached hydrogens (tertiary/aromatic N) is 2. The lowest BCUT2D eigenvalue weighted by atomic mass is 10.1. The second-order valence-corrected chi connectivity index (χ2v) is 5.91. The van der Waals surface area contributed by atoms with E-state index in [1.165, 1.54) is 18.3 Å². The number of rotatable bonds is 7. The van der Waals surface area contributed by atoms with Gasteiger partial charge in [0, 0.05) is 44.8 Å². The minimum absolute atomic E-state index is 0.0252. The maximum Gasteiger partial charge on any atom is 0.387 e. The van der Waals surface area contributed by atoms with Gasteiger partial charge in [-0.25, -0.2) is 0 Å². The van der Waals surface area contributed by atoms with Gasteiger partial charge in [0.25, 0.3) is 5.91 Å². The van der Waals surface area contributed by atoms with Crippen molar-refractivity contribution >= 4 is 5.91 Å². The number of aromatic nitrogens is 2. The molecule has 7 nitrogen and oxygen atoms in total. The van der Waals surface area contributed by atoms with Crippen LogP contribution in [-0.2, 0) is 0 Å². The van der Waals surface area contributed by atoms with Crippen LogP contribution in [0.5, 0.6) is 5.75 Å². The smallest absolute Gasteiger partial charge is 0.387 e. The lowest BCUT2D eigenvalue weighted by Crippen LogP contribution is -2.46. The first-order chi connectivity index (χ1) is 12.6. The fourth-order valence-corrected chi connectivity index (χ4v) is 2.86. The Bertz CT molecular complexity index is 731. The van der Waals surface area contributed by atoms with Crippen LogP contribution in [-0.4, -0.2) is 66.9 Å². The number of hydrogen-bond acceptors (Lipinski definition) is 5. The van der Waals surface area contributed by atoms with E-state index in [4.69, 9.17) is 0 Å². The molecule has 1 saturated heterocycles. The van der Waals surface area contributed by atoms with Gasteiger partial charge in [-0.15, -0.1) is 0 Å². The number of carbonyl (C=O) groups is 1. The first kappa shape index (κ1) is 18.3. The Labute approximate surface area is 149 Å². The molecule has 9 heteroatoms. The molecule has 2 aromatic rings. The number of alkyl halides is 2. The second-order valence-electron chi connectivity index (χ2n) is 5.91. The van der Waals surface area contributed by atoms with E-state index in [0.717, 1.165) is 32.7 Å². The van der Waals surface area contributed by atoms with Crippen LogP contribution in [0, 0.1) is 0 Å². The molecule has 0 unspecified atom stereocenters. The Balaban J connectivity index is 1.63. The molecule has 140 valence electrons. The van der Waals surface area contributed by atoms with Crippen molar-refractivity contribution in [2.24, 2.45) is 0 Å². The van der Waals surface area contributed by atoms with Crippen LogP contribution in [0.4, 0.5) is 8.78 Å². The quantitative estimate of drug-likeness (QED) is 0.689. The highest BCUT2D eigenvalue weighted by Crippen LogP contribution is 2.25. The van der Waals surface area contributed by atoms with E-state index >= 15 is 0 Å². The molecule has 1 aliphatic rings. The summed E-state index contributed by atoms with van der Waals surface area (Å²) >= 11 is 0. The van der Waals surface area contributed by atoms with Gasteiger partial charge in [-0.1, -0.05) is 12.1 Å². The molecule has 1 fully saturated rings. The largest absolute Gasteiger partial charge is 0.435 e. The summed E-state index contributed by atoms with van der Waals surface area (Å²) in [5.41, 5.74) is 1.37. The Morgan fingerprint density at radius 2 is 2.15 bits per heavy atom. The third-order valence-corrected chi connectivity index (χ3v) is 4.16. The summed E-state index contributed by atoms with van der Waals surface area (Å²) in [5, 5.41) is 12.8. The monoisotopic (exact) mass is 365 g/mol. The van der Waals surface area contributed by atoms with E-state index < -0.39 is 6.61 Å². The molecule has 2 heterocycles. The number of aromatic amines is 1. The van der Waals surface area contributed by atoms with Crippen LogP contribution in [0.2, 0.25) is 0 Å². The summed E-state index contributed by atoms with van der Waals surface area (Å²) in [7, 11) is 0. The second kappa shape index (κ2) is 8.72. The summed E-state index contributed by atoms with van der Waals surface area (Å²) in [6.07, 6.45) is 1.43. The summed E-state index contributed by atoms with van der Waals surface area (Å²) < 4.78 is 29.2. The van der Waals surface area contributed by atoms with Crippen molar-refractivity contribution in [2.45, 2.75) is 6.61 Å². The van der Waals surface area contributed by atoms with Crippen LogP contribution in [0.15, 0.2) is 30.5 Å². The lowest BCUT2D eigenvalue weighted by Gasteiger charge is -2.27. The number of ether oxygens (including phenoxy) is 1. The molecule has 1 amide bonds. The van der Waals surface area contributed by atoms with Crippen molar-refractivity contribution in [1.29, 1.82) is 0 Å². The van der Waals surface area contributed by atoms with Crippen LogP contribution >= 0.6 is 0 Å². The molecular formula is C17H21F2N5O2. The van der Waals surface area contributed by atoms with E-state index in [0.29, 0.717) is 23.4 Å². The Morgan fingerprint density at radius 3 is 2.92 bits per heavy atom. The lowest BCUT2D eigenvalue weighted by molar-refractivity contribution is -0.0498. The molecule has 26 heavy (non-hydrogen) atoms. The van der Waals surface area contributed by atoms with Gasteiger partial charge in [0.15, 0.2) is 0 Å². The van der Waals surface area contributed by atoms with Gasteiger partial charge in [0.05, 0.1) is 17.5 Å². The summed E-state index contributed by atoms with van der Waals surface area (Å²) in [6.45, 7) is 2.23. The van der Waals surface area contributed by atoms with Crippen molar-refractivity contribution in [3.05, 3.63) is 36.0 Å². The van der Waals surface area contributed by atoms with Crippen LogP contribution in [0.3, 0.4) is 0 Å². The number of hydrogen-bond donors (Lipinski definition) is 3. The highest BCUT2D eigenvalue weighted by Gasteiger charge is 2.17. The van der Waals surface area contributed by atoms with E-state index in [2.05, 4.69) is 30.5 Å². The third kappa shape index (κ3) is 4.77. The highest BCUT2D eigenvalue weighted by atomic mass is 19.3. The van der Waals surface area contributed by atoms with Gasteiger partial charge in [-0.2, -0.15) is 13.9 Å². The van der Waals surface area contributed by atoms with Gasteiger partial charge in [0.2, 0.25) is 0 Å². The number of halogens is 2. The molecule has 3 rings (SSSR count). The molecule has 1 aromatic heterocycles. The molecule has 0 spiro atoms. The van der Waals surface area contributed by atoms with Gasteiger partial charge in [-0.3, -0.25) is 14.8 Å². The standard InChI is InChI=1S/C17H21F2N5O2/c18-17(19)26-13-3-1-2-12(10-13)15-14(11-22-23-15)16(25)21-6-9-24-7-4-20-5-8-24/h1-3,10-11,17,20H,4-9H2,(H,21,25)(H,22,23). The molecular weight excluding hydrogens is 344 g/mol. The van der Waals surface area contributed by atoms with Gasteiger partial charge >= 0.3 is 6.61 Å². The average Bonchev–Trinajstić information content (AvgIpc) is 3.12. The van der Waals surface area contributed by atoms with Crippen LogP contribution in [0.25, 0.3) is 11.3 Å². The van der Waals surface area contributed by atoms with E-state index in [1.807, 2.05) is 0 Å². The topological polar surface area (TPSA) is 82.3 Å². The Morgan fingerprint density at radius 1 is 1.35 bits per heavy atom.